The smallest absolute Gasteiger partial charge is 0.291 e. The third-order valence-corrected chi connectivity index (χ3v) is 5.90. The van der Waals surface area contributed by atoms with Crippen LogP contribution in [0.15, 0.2) is 23.4 Å². The van der Waals surface area contributed by atoms with Gasteiger partial charge in [0.25, 0.3) is 5.91 Å². The number of carbonyl (C=O) groups excluding carboxylic acids is 3. The van der Waals surface area contributed by atoms with Gasteiger partial charge in [-0.3, -0.25) is 14.4 Å². The van der Waals surface area contributed by atoms with Crippen molar-refractivity contribution < 1.29 is 14.4 Å². The lowest BCUT2D eigenvalue weighted by atomic mass is 9.84. The molecule has 0 aromatic rings. The standard InChI is InChI=1S/C22H34N2O3/c1-7-10-16-12-14-24(18(16)15(3)4)20(26)17-11-9-13-23(17)21(27)19(25)22(5,6)8-2/h7,10,15,17H,8-9,11-14H2,1-6H3/b10-7-. The molecule has 0 spiro atoms. The summed E-state index contributed by atoms with van der Waals surface area (Å²) in [6.07, 6.45) is 6.91. The van der Waals surface area contributed by atoms with E-state index in [0.29, 0.717) is 25.9 Å². The molecule has 2 rings (SSSR count). The van der Waals surface area contributed by atoms with Crippen molar-refractivity contribution in [1.82, 2.24) is 9.80 Å². The maximum atomic E-state index is 13.3. The number of amides is 2. The highest BCUT2D eigenvalue weighted by molar-refractivity contribution is 6.38. The van der Waals surface area contributed by atoms with Crippen molar-refractivity contribution in [3.8, 4) is 0 Å². The molecule has 1 unspecified atom stereocenters. The fourth-order valence-corrected chi connectivity index (χ4v) is 3.96. The van der Waals surface area contributed by atoms with Crippen molar-refractivity contribution in [3.63, 3.8) is 0 Å². The minimum absolute atomic E-state index is 0.0360. The molecule has 1 saturated heterocycles. The zero-order chi connectivity index (χ0) is 20.4. The predicted octanol–water partition coefficient (Wildman–Crippen LogP) is 3.70. The first-order chi connectivity index (χ1) is 12.7. The average molecular weight is 375 g/mol. The Bertz CT molecular complexity index is 673. The van der Waals surface area contributed by atoms with Gasteiger partial charge in [-0.25, -0.2) is 0 Å². The number of allylic oxidation sites excluding steroid dienone is 3. The van der Waals surface area contributed by atoms with E-state index in [1.165, 1.54) is 10.5 Å². The highest BCUT2D eigenvalue weighted by Gasteiger charge is 2.43. The van der Waals surface area contributed by atoms with E-state index in [2.05, 4.69) is 19.9 Å². The molecule has 2 aliphatic heterocycles. The maximum Gasteiger partial charge on any atom is 0.291 e. The molecule has 27 heavy (non-hydrogen) atoms. The van der Waals surface area contributed by atoms with Crippen LogP contribution < -0.4 is 0 Å². The van der Waals surface area contributed by atoms with Crippen LogP contribution in [0, 0.1) is 11.3 Å². The van der Waals surface area contributed by atoms with E-state index in [-0.39, 0.29) is 17.6 Å². The first kappa shape index (κ1) is 21.4. The molecular formula is C22H34N2O3. The summed E-state index contributed by atoms with van der Waals surface area (Å²) in [6, 6.07) is -0.521. The zero-order valence-electron chi connectivity index (χ0n) is 17.7. The first-order valence-corrected chi connectivity index (χ1v) is 10.2. The lowest BCUT2D eigenvalue weighted by Gasteiger charge is -2.32. The summed E-state index contributed by atoms with van der Waals surface area (Å²) in [5.74, 6) is -0.693. The van der Waals surface area contributed by atoms with Gasteiger partial charge in [-0.05, 0) is 44.1 Å². The molecule has 2 heterocycles. The average Bonchev–Trinajstić information content (AvgIpc) is 3.27. The van der Waals surface area contributed by atoms with Gasteiger partial charge in [0, 0.05) is 24.2 Å². The van der Waals surface area contributed by atoms with Crippen molar-refractivity contribution in [1.29, 1.82) is 0 Å². The number of ketones is 1. The number of rotatable bonds is 6. The summed E-state index contributed by atoms with van der Waals surface area (Å²) >= 11 is 0. The highest BCUT2D eigenvalue weighted by Crippen LogP contribution is 2.33. The second-order valence-corrected chi connectivity index (χ2v) is 8.53. The van der Waals surface area contributed by atoms with Crippen molar-refractivity contribution in [2.24, 2.45) is 11.3 Å². The Kier molecular flexibility index (Phi) is 6.66. The third-order valence-electron chi connectivity index (χ3n) is 5.90. The molecular weight excluding hydrogens is 340 g/mol. The van der Waals surface area contributed by atoms with Gasteiger partial charge >= 0.3 is 0 Å². The van der Waals surface area contributed by atoms with E-state index in [1.807, 2.05) is 24.8 Å². The summed E-state index contributed by atoms with van der Waals surface area (Å²) in [7, 11) is 0. The molecule has 2 aliphatic rings. The summed E-state index contributed by atoms with van der Waals surface area (Å²) < 4.78 is 0. The van der Waals surface area contributed by atoms with E-state index in [1.54, 1.807) is 13.8 Å². The number of carbonyl (C=O) groups is 3. The van der Waals surface area contributed by atoms with Gasteiger partial charge in [-0.15, -0.1) is 0 Å². The van der Waals surface area contributed by atoms with E-state index in [9.17, 15) is 14.4 Å². The third kappa shape index (κ3) is 4.17. The molecule has 0 N–H and O–H groups in total. The SMILES string of the molecule is C/C=C\C1=C(C(C)C)N(C(=O)C2CCCN2C(=O)C(=O)C(C)(C)CC)CC1. The summed E-state index contributed by atoms with van der Waals surface area (Å²) in [4.78, 5) is 42.2. The van der Waals surface area contributed by atoms with Crippen LogP contribution in [-0.4, -0.2) is 46.5 Å². The Labute approximate surface area is 163 Å². The van der Waals surface area contributed by atoms with Crippen LogP contribution >= 0.6 is 0 Å². The molecule has 5 nitrogen and oxygen atoms in total. The maximum absolute atomic E-state index is 13.3. The van der Waals surface area contributed by atoms with Crippen LogP contribution in [0.2, 0.25) is 0 Å². The van der Waals surface area contributed by atoms with E-state index < -0.39 is 17.4 Å². The highest BCUT2D eigenvalue weighted by atomic mass is 16.2. The Hall–Kier alpha value is -1.91. The van der Waals surface area contributed by atoms with Crippen LogP contribution in [0.5, 0.6) is 0 Å². The second-order valence-electron chi connectivity index (χ2n) is 8.53. The van der Waals surface area contributed by atoms with Gasteiger partial charge in [0.2, 0.25) is 11.7 Å². The number of likely N-dealkylation sites (tertiary alicyclic amines) is 1. The molecule has 0 saturated carbocycles. The molecule has 150 valence electrons. The second kappa shape index (κ2) is 8.41. The minimum Gasteiger partial charge on any atom is -0.324 e. The Morgan fingerprint density at radius 3 is 2.44 bits per heavy atom. The lowest BCUT2D eigenvalue weighted by molar-refractivity contribution is -0.152. The molecule has 2 amide bonds. The van der Waals surface area contributed by atoms with Gasteiger partial charge in [0.1, 0.15) is 6.04 Å². The fraction of sp³-hybridized carbons (Fsp3) is 0.682. The Balaban J connectivity index is 2.25. The topological polar surface area (TPSA) is 57.7 Å². The summed E-state index contributed by atoms with van der Waals surface area (Å²) in [6.45, 7) is 12.8. The molecule has 1 atom stereocenters. The van der Waals surface area contributed by atoms with Crippen molar-refractivity contribution in [2.45, 2.75) is 73.3 Å². The molecule has 0 bridgehead atoms. The monoisotopic (exact) mass is 374 g/mol. The van der Waals surface area contributed by atoms with Crippen molar-refractivity contribution in [2.75, 3.05) is 13.1 Å². The number of hydrogen-bond donors (Lipinski definition) is 0. The number of nitrogens with zero attached hydrogens (tertiary/aromatic N) is 2. The summed E-state index contributed by atoms with van der Waals surface area (Å²) in [5, 5.41) is 0. The number of hydrogen-bond acceptors (Lipinski definition) is 3. The Morgan fingerprint density at radius 2 is 1.89 bits per heavy atom. The molecule has 0 aromatic carbocycles. The van der Waals surface area contributed by atoms with Crippen LogP contribution in [0.4, 0.5) is 0 Å². The molecule has 1 fully saturated rings. The van der Waals surface area contributed by atoms with Gasteiger partial charge in [0.05, 0.1) is 0 Å². The molecule has 5 heteroatoms. The van der Waals surface area contributed by atoms with E-state index in [4.69, 9.17) is 0 Å². The normalized spacial score (nSPS) is 21.1. The van der Waals surface area contributed by atoms with Crippen molar-refractivity contribution in [3.05, 3.63) is 23.4 Å². The molecule has 0 aliphatic carbocycles. The molecule has 0 radical (unpaired) electrons. The van der Waals surface area contributed by atoms with Crippen molar-refractivity contribution >= 4 is 17.6 Å². The number of Topliss-reactive ketones (excluding diaryl/α,β-unsaturated/α-hetero) is 1. The van der Waals surface area contributed by atoms with Crippen LogP contribution in [0.25, 0.3) is 0 Å². The quantitative estimate of drug-likeness (QED) is 0.666. The molecule has 0 aromatic heterocycles. The van der Waals surface area contributed by atoms with E-state index in [0.717, 1.165) is 18.5 Å². The predicted molar refractivity (Wildman–Crippen MR) is 107 cm³/mol. The van der Waals surface area contributed by atoms with Gasteiger partial charge in [-0.2, -0.15) is 0 Å². The first-order valence-electron chi connectivity index (χ1n) is 10.2. The van der Waals surface area contributed by atoms with E-state index >= 15 is 0 Å². The zero-order valence-corrected chi connectivity index (χ0v) is 17.7. The lowest BCUT2D eigenvalue weighted by Crippen LogP contribution is -2.51. The van der Waals surface area contributed by atoms with Gasteiger partial charge in [-0.1, -0.05) is 46.8 Å². The van der Waals surface area contributed by atoms with Gasteiger partial charge < -0.3 is 9.80 Å². The van der Waals surface area contributed by atoms with Crippen LogP contribution in [0.1, 0.15) is 67.2 Å². The fourth-order valence-electron chi connectivity index (χ4n) is 3.96. The van der Waals surface area contributed by atoms with Crippen LogP contribution in [0.3, 0.4) is 0 Å². The van der Waals surface area contributed by atoms with Crippen LogP contribution in [-0.2, 0) is 14.4 Å². The largest absolute Gasteiger partial charge is 0.324 e. The minimum atomic E-state index is -0.691. The van der Waals surface area contributed by atoms with Gasteiger partial charge in [0.15, 0.2) is 0 Å². The Morgan fingerprint density at radius 1 is 1.22 bits per heavy atom. The summed E-state index contributed by atoms with van der Waals surface area (Å²) in [5.41, 5.74) is 1.56.